The highest BCUT2D eigenvalue weighted by Crippen LogP contribution is 2.34. The predicted molar refractivity (Wildman–Crippen MR) is 93.9 cm³/mol. The van der Waals surface area contributed by atoms with Crippen LogP contribution in [-0.2, 0) is 0 Å². The minimum Gasteiger partial charge on any atom is -0.493 e. The van der Waals surface area contributed by atoms with E-state index in [1.165, 1.54) is 0 Å². The van der Waals surface area contributed by atoms with E-state index >= 15 is 0 Å². The molecule has 2 heterocycles. The van der Waals surface area contributed by atoms with Crippen molar-refractivity contribution in [1.82, 2.24) is 10.2 Å². The zero-order chi connectivity index (χ0) is 17.1. The van der Waals surface area contributed by atoms with Crippen LogP contribution in [0.5, 0.6) is 11.5 Å². The minimum atomic E-state index is -0.136. The summed E-state index contributed by atoms with van der Waals surface area (Å²) in [6, 6.07) is 7.61. The number of rotatable bonds is 6. The molecule has 3 aromatic rings. The first-order valence-electron chi connectivity index (χ1n) is 7.48. The van der Waals surface area contributed by atoms with Crippen molar-refractivity contribution in [3.8, 4) is 22.3 Å². The number of methoxy groups -OCH3 is 2. The Morgan fingerprint density at radius 1 is 1.17 bits per heavy atom. The molecule has 7 heteroatoms. The van der Waals surface area contributed by atoms with E-state index in [1.807, 2.05) is 43.5 Å². The Hall–Kier alpha value is -2.54. The Balaban J connectivity index is 1.81. The maximum atomic E-state index is 5.77. The highest BCUT2D eigenvalue weighted by molar-refractivity contribution is 7.13. The lowest BCUT2D eigenvalue weighted by atomic mass is 10.1. The molecule has 0 aliphatic rings. The predicted octanol–water partition coefficient (Wildman–Crippen LogP) is 4.30. The summed E-state index contributed by atoms with van der Waals surface area (Å²) in [6.07, 6.45) is 0. The lowest BCUT2D eigenvalue weighted by Crippen LogP contribution is -2.08. The van der Waals surface area contributed by atoms with Crippen LogP contribution in [0.2, 0.25) is 0 Å². The van der Waals surface area contributed by atoms with Crippen molar-refractivity contribution in [1.29, 1.82) is 0 Å². The molecule has 6 nitrogen and oxygen atoms in total. The van der Waals surface area contributed by atoms with Crippen LogP contribution >= 0.6 is 11.3 Å². The van der Waals surface area contributed by atoms with Crippen LogP contribution in [0.25, 0.3) is 10.8 Å². The van der Waals surface area contributed by atoms with Crippen LogP contribution in [0.15, 0.2) is 34.1 Å². The topological polar surface area (TPSA) is 69.4 Å². The third-order valence-electron chi connectivity index (χ3n) is 3.65. The first-order valence-corrected chi connectivity index (χ1v) is 8.36. The Labute approximate surface area is 144 Å². The van der Waals surface area contributed by atoms with Gasteiger partial charge in [-0.25, -0.2) is 0 Å². The first kappa shape index (κ1) is 16.3. The minimum absolute atomic E-state index is 0.136. The second kappa shape index (κ2) is 6.92. The van der Waals surface area contributed by atoms with Gasteiger partial charge in [-0.3, -0.25) is 0 Å². The van der Waals surface area contributed by atoms with Crippen molar-refractivity contribution in [2.24, 2.45) is 0 Å². The van der Waals surface area contributed by atoms with Crippen molar-refractivity contribution in [3.05, 3.63) is 41.1 Å². The Bertz CT molecular complexity index is 815. The molecule has 2 aromatic heterocycles. The number of nitrogens with zero attached hydrogens (tertiary/aromatic N) is 2. The SMILES string of the molecule is COc1cc(C)c(NC(C)c2nnc(-c3cccs3)o2)cc1OC. The van der Waals surface area contributed by atoms with Crippen molar-refractivity contribution in [3.63, 3.8) is 0 Å². The number of aromatic nitrogens is 2. The molecule has 1 atom stereocenters. The third-order valence-corrected chi connectivity index (χ3v) is 4.50. The van der Waals surface area contributed by atoms with E-state index in [2.05, 4.69) is 15.5 Å². The van der Waals surface area contributed by atoms with Crippen LogP contribution in [0, 0.1) is 6.92 Å². The van der Waals surface area contributed by atoms with Crippen LogP contribution < -0.4 is 14.8 Å². The van der Waals surface area contributed by atoms with Crippen molar-refractivity contribution in [2.75, 3.05) is 19.5 Å². The molecule has 0 aliphatic carbocycles. The zero-order valence-corrected chi connectivity index (χ0v) is 14.8. The fourth-order valence-corrected chi connectivity index (χ4v) is 2.98. The van der Waals surface area contributed by atoms with Crippen LogP contribution in [0.1, 0.15) is 24.4 Å². The van der Waals surface area contributed by atoms with Gasteiger partial charge in [0.25, 0.3) is 5.89 Å². The van der Waals surface area contributed by atoms with E-state index < -0.39 is 0 Å². The molecule has 0 saturated heterocycles. The summed E-state index contributed by atoms with van der Waals surface area (Å²) in [5.74, 6) is 2.44. The zero-order valence-electron chi connectivity index (χ0n) is 14.0. The lowest BCUT2D eigenvalue weighted by molar-refractivity contribution is 0.355. The van der Waals surface area contributed by atoms with Gasteiger partial charge in [0, 0.05) is 11.8 Å². The van der Waals surface area contributed by atoms with Gasteiger partial charge in [0.15, 0.2) is 11.5 Å². The summed E-state index contributed by atoms with van der Waals surface area (Å²) in [5.41, 5.74) is 1.97. The number of hydrogen-bond donors (Lipinski definition) is 1. The van der Waals surface area contributed by atoms with Gasteiger partial charge in [0.1, 0.15) is 6.04 Å². The van der Waals surface area contributed by atoms with Crippen molar-refractivity contribution >= 4 is 17.0 Å². The molecule has 0 amide bonds. The quantitative estimate of drug-likeness (QED) is 0.718. The van der Waals surface area contributed by atoms with Crippen molar-refractivity contribution < 1.29 is 13.9 Å². The summed E-state index contributed by atoms with van der Waals surface area (Å²) in [5, 5.41) is 13.6. The molecule has 1 unspecified atom stereocenters. The highest BCUT2D eigenvalue weighted by Gasteiger charge is 2.17. The second-order valence-electron chi connectivity index (χ2n) is 5.31. The van der Waals surface area contributed by atoms with E-state index in [1.54, 1.807) is 25.6 Å². The Morgan fingerprint density at radius 3 is 2.58 bits per heavy atom. The van der Waals surface area contributed by atoms with Crippen molar-refractivity contribution in [2.45, 2.75) is 19.9 Å². The maximum absolute atomic E-state index is 5.77. The number of thiophene rings is 1. The number of aryl methyl sites for hydroxylation is 1. The average Bonchev–Trinajstić information content (AvgIpc) is 3.27. The molecule has 0 bridgehead atoms. The average molecular weight is 345 g/mol. The fraction of sp³-hybridized carbons (Fsp3) is 0.294. The molecule has 3 rings (SSSR count). The van der Waals surface area contributed by atoms with Gasteiger partial charge < -0.3 is 19.2 Å². The number of nitrogens with one attached hydrogen (secondary N) is 1. The second-order valence-corrected chi connectivity index (χ2v) is 6.26. The Kier molecular flexibility index (Phi) is 4.71. The van der Waals surface area contributed by atoms with Gasteiger partial charge in [-0.15, -0.1) is 21.5 Å². The molecule has 0 spiro atoms. The summed E-state index contributed by atoms with van der Waals surface area (Å²) in [7, 11) is 3.24. The molecular formula is C17H19N3O3S. The van der Waals surface area contributed by atoms with E-state index in [4.69, 9.17) is 13.9 Å². The highest BCUT2D eigenvalue weighted by atomic mass is 32.1. The maximum Gasteiger partial charge on any atom is 0.257 e. The van der Waals surface area contributed by atoms with E-state index in [9.17, 15) is 0 Å². The van der Waals surface area contributed by atoms with Gasteiger partial charge >= 0.3 is 0 Å². The summed E-state index contributed by atoms with van der Waals surface area (Å²) < 4.78 is 16.4. The molecule has 0 aliphatic heterocycles. The fourth-order valence-electron chi connectivity index (χ4n) is 2.34. The van der Waals surface area contributed by atoms with E-state index in [0.29, 0.717) is 23.3 Å². The molecule has 1 N–H and O–H groups in total. The lowest BCUT2D eigenvalue weighted by Gasteiger charge is -2.16. The molecule has 1 aromatic carbocycles. The molecule has 0 fully saturated rings. The monoisotopic (exact) mass is 345 g/mol. The van der Waals surface area contributed by atoms with E-state index in [0.717, 1.165) is 16.1 Å². The van der Waals surface area contributed by atoms with Crippen LogP contribution in [0.3, 0.4) is 0 Å². The summed E-state index contributed by atoms with van der Waals surface area (Å²) in [6.45, 7) is 3.98. The van der Waals surface area contributed by atoms with Crippen LogP contribution in [0.4, 0.5) is 5.69 Å². The molecule has 126 valence electrons. The van der Waals surface area contributed by atoms with Gasteiger partial charge in [-0.1, -0.05) is 6.07 Å². The molecule has 0 radical (unpaired) electrons. The summed E-state index contributed by atoms with van der Waals surface area (Å²) >= 11 is 1.57. The van der Waals surface area contributed by atoms with Gasteiger partial charge in [-0.05, 0) is 36.9 Å². The smallest absolute Gasteiger partial charge is 0.257 e. The molecule has 0 saturated carbocycles. The standard InChI is InChI=1S/C17H19N3O3S/c1-10-8-13(21-3)14(22-4)9-12(10)18-11(2)16-19-20-17(23-16)15-6-5-7-24-15/h5-9,11,18H,1-4H3. The number of ether oxygens (including phenoxy) is 2. The molecular weight excluding hydrogens is 326 g/mol. The normalized spacial score (nSPS) is 12.0. The van der Waals surface area contributed by atoms with Gasteiger partial charge in [0.05, 0.1) is 19.1 Å². The number of anilines is 1. The Morgan fingerprint density at radius 2 is 1.92 bits per heavy atom. The largest absolute Gasteiger partial charge is 0.493 e. The molecule has 24 heavy (non-hydrogen) atoms. The third kappa shape index (κ3) is 3.21. The van der Waals surface area contributed by atoms with Gasteiger partial charge in [-0.2, -0.15) is 0 Å². The van der Waals surface area contributed by atoms with Crippen LogP contribution in [-0.4, -0.2) is 24.4 Å². The number of benzene rings is 1. The first-order chi connectivity index (χ1) is 11.6. The number of hydrogen-bond acceptors (Lipinski definition) is 7. The van der Waals surface area contributed by atoms with Gasteiger partial charge in [0.2, 0.25) is 5.89 Å². The van der Waals surface area contributed by atoms with E-state index in [-0.39, 0.29) is 6.04 Å². The summed E-state index contributed by atoms with van der Waals surface area (Å²) in [4.78, 5) is 0.961.